The molecule has 1 unspecified atom stereocenters. The van der Waals surface area contributed by atoms with E-state index in [-0.39, 0.29) is 0 Å². The number of ether oxygens (including phenoxy) is 2. The molecule has 6 heteroatoms. The number of hydrogen-bond donors (Lipinski definition) is 1. The molecular formula is C23H20N2O4. The summed E-state index contributed by atoms with van der Waals surface area (Å²) in [6.45, 7) is 0. The second-order valence-corrected chi connectivity index (χ2v) is 6.66. The van der Waals surface area contributed by atoms with Crippen LogP contribution in [0.3, 0.4) is 0 Å². The molecule has 0 saturated carbocycles. The maximum absolute atomic E-state index is 12.9. The predicted octanol–water partition coefficient (Wildman–Crippen LogP) is 4.37. The van der Waals surface area contributed by atoms with Gasteiger partial charge < -0.3 is 15.2 Å². The largest absolute Gasteiger partial charge is 0.496 e. The van der Waals surface area contributed by atoms with Gasteiger partial charge in [0.25, 0.3) is 0 Å². The van der Waals surface area contributed by atoms with E-state index in [0.717, 1.165) is 5.56 Å². The van der Waals surface area contributed by atoms with Crippen molar-refractivity contribution in [1.29, 1.82) is 0 Å². The lowest BCUT2D eigenvalue weighted by Crippen LogP contribution is -2.32. The van der Waals surface area contributed by atoms with Crippen LogP contribution in [0.1, 0.15) is 27.6 Å². The third-order valence-electron chi connectivity index (χ3n) is 4.96. The van der Waals surface area contributed by atoms with Crippen molar-refractivity contribution in [3.05, 3.63) is 89.5 Å². The van der Waals surface area contributed by atoms with E-state index >= 15 is 0 Å². The first-order valence-electron chi connectivity index (χ1n) is 9.20. The van der Waals surface area contributed by atoms with Gasteiger partial charge in [0.1, 0.15) is 17.4 Å². The molecule has 0 bridgehead atoms. The van der Waals surface area contributed by atoms with Crippen LogP contribution in [0, 0.1) is 0 Å². The van der Waals surface area contributed by atoms with Gasteiger partial charge in [-0.2, -0.15) is 0 Å². The first-order chi connectivity index (χ1) is 14.1. The number of anilines is 2. The van der Waals surface area contributed by atoms with Gasteiger partial charge in [0.05, 0.1) is 18.5 Å². The first kappa shape index (κ1) is 18.6. The number of benzene rings is 3. The van der Waals surface area contributed by atoms with Crippen LogP contribution in [0.25, 0.3) is 0 Å². The van der Waals surface area contributed by atoms with Gasteiger partial charge in [-0.25, -0.2) is 9.59 Å². The maximum Gasteiger partial charge on any atom is 0.342 e. The summed E-state index contributed by atoms with van der Waals surface area (Å²) in [5.41, 5.74) is 8.91. The first-order valence-corrected chi connectivity index (χ1v) is 9.20. The van der Waals surface area contributed by atoms with E-state index in [1.807, 2.05) is 42.5 Å². The standard InChI is InChI=1S/C23H20N2O4/c1-28-20-13-7-4-10-17(20)22(26)29-21-14-15-8-2-5-11-18(15)25(23(24)27)19-12-6-3-9-16(19)21/h2-13,21H,14H2,1H3,(H2,24,27). The summed E-state index contributed by atoms with van der Waals surface area (Å²) in [7, 11) is 1.51. The van der Waals surface area contributed by atoms with Crippen molar-refractivity contribution in [2.45, 2.75) is 12.5 Å². The fourth-order valence-electron chi connectivity index (χ4n) is 3.65. The number of primary amides is 1. The number of hydrogen-bond acceptors (Lipinski definition) is 4. The fraction of sp³-hybridized carbons (Fsp3) is 0.130. The minimum Gasteiger partial charge on any atom is -0.496 e. The van der Waals surface area contributed by atoms with Gasteiger partial charge >= 0.3 is 12.0 Å². The van der Waals surface area contributed by atoms with Gasteiger partial charge in [0.15, 0.2) is 0 Å². The highest BCUT2D eigenvalue weighted by atomic mass is 16.5. The number of carbonyl (C=O) groups excluding carboxylic acids is 2. The molecule has 146 valence electrons. The summed E-state index contributed by atoms with van der Waals surface area (Å²) in [6, 6.07) is 21.1. The Morgan fingerprint density at radius 2 is 1.59 bits per heavy atom. The van der Waals surface area contributed by atoms with Crippen LogP contribution in [0.2, 0.25) is 0 Å². The van der Waals surface area contributed by atoms with E-state index in [1.54, 1.807) is 30.3 Å². The molecule has 6 nitrogen and oxygen atoms in total. The van der Waals surface area contributed by atoms with Crippen LogP contribution in [0.15, 0.2) is 72.8 Å². The van der Waals surface area contributed by atoms with Gasteiger partial charge in [-0.3, -0.25) is 4.90 Å². The molecule has 1 atom stereocenters. The molecule has 1 aliphatic rings. The van der Waals surface area contributed by atoms with Crippen LogP contribution in [0.4, 0.5) is 16.2 Å². The normalized spacial score (nSPS) is 14.9. The highest BCUT2D eigenvalue weighted by molar-refractivity contribution is 6.00. The molecule has 2 N–H and O–H groups in total. The summed E-state index contributed by atoms with van der Waals surface area (Å²) >= 11 is 0. The average Bonchev–Trinajstić information content (AvgIpc) is 2.88. The Labute approximate surface area is 168 Å². The lowest BCUT2D eigenvalue weighted by Gasteiger charge is -2.23. The second-order valence-electron chi connectivity index (χ2n) is 6.66. The van der Waals surface area contributed by atoms with E-state index in [9.17, 15) is 9.59 Å². The summed E-state index contributed by atoms with van der Waals surface area (Å²) in [5.74, 6) is -0.0502. The SMILES string of the molecule is COc1ccccc1C(=O)OC1Cc2ccccc2N(C(N)=O)c2ccccc21. The van der Waals surface area contributed by atoms with Crippen molar-refractivity contribution >= 4 is 23.4 Å². The number of amides is 2. The van der Waals surface area contributed by atoms with E-state index < -0.39 is 18.1 Å². The Morgan fingerprint density at radius 3 is 2.34 bits per heavy atom. The molecule has 1 aliphatic heterocycles. The molecule has 0 saturated heterocycles. The molecule has 4 rings (SSSR count). The van der Waals surface area contributed by atoms with Crippen LogP contribution < -0.4 is 15.4 Å². The number of nitrogens with zero attached hydrogens (tertiary/aromatic N) is 1. The van der Waals surface area contributed by atoms with Crippen molar-refractivity contribution in [1.82, 2.24) is 0 Å². The van der Waals surface area contributed by atoms with E-state index in [2.05, 4.69) is 0 Å². The average molecular weight is 388 g/mol. The summed E-state index contributed by atoms with van der Waals surface area (Å²) in [6.07, 6.45) is -0.174. The highest BCUT2D eigenvalue weighted by Gasteiger charge is 2.31. The number of esters is 1. The minimum absolute atomic E-state index is 0.344. The Morgan fingerprint density at radius 1 is 0.931 bits per heavy atom. The Kier molecular flexibility index (Phi) is 4.91. The zero-order valence-electron chi connectivity index (χ0n) is 15.9. The van der Waals surface area contributed by atoms with Crippen LogP contribution in [0.5, 0.6) is 5.75 Å². The lowest BCUT2D eigenvalue weighted by molar-refractivity contribution is 0.0297. The molecule has 29 heavy (non-hydrogen) atoms. The number of urea groups is 1. The molecule has 3 aromatic carbocycles. The third kappa shape index (κ3) is 3.40. The number of para-hydroxylation sites is 3. The quantitative estimate of drug-likeness (QED) is 0.676. The van der Waals surface area contributed by atoms with Crippen LogP contribution in [-0.2, 0) is 11.2 Å². The van der Waals surface area contributed by atoms with E-state index in [1.165, 1.54) is 12.0 Å². The summed E-state index contributed by atoms with van der Waals surface area (Å²) in [4.78, 5) is 26.7. The van der Waals surface area contributed by atoms with Gasteiger partial charge in [-0.1, -0.05) is 48.5 Å². The number of nitrogens with two attached hydrogens (primary N) is 1. The van der Waals surface area contributed by atoms with Gasteiger partial charge in [-0.15, -0.1) is 0 Å². The molecule has 0 aromatic heterocycles. The monoisotopic (exact) mass is 388 g/mol. The fourth-order valence-corrected chi connectivity index (χ4v) is 3.65. The molecule has 0 radical (unpaired) electrons. The lowest BCUT2D eigenvalue weighted by atomic mass is 10.0. The summed E-state index contributed by atoms with van der Waals surface area (Å²) in [5, 5.41) is 0. The molecule has 2 amide bonds. The van der Waals surface area contributed by atoms with Crippen LogP contribution in [-0.4, -0.2) is 19.1 Å². The van der Waals surface area contributed by atoms with Crippen molar-refractivity contribution in [3.63, 3.8) is 0 Å². The molecule has 3 aromatic rings. The van der Waals surface area contributed by atoms with Gasteiger partial charge in [-0.05, 0) is 29.8 Å². The van der Waals surface area contributed by atoms with E-state index in [4.69, 9.17) is 15.2 Å². The molecule has 0 spiro atoms. The minimum atomic E-state index is -0.596. The number of rotatable bonds is 3. The van der Waals surface area contributed by atoms with Crippen molar-refractivity contribution in [3.8, 4) is 5.75 Å². The summed E-state index contributed by atoms with van der Waals surface area (Å²) < 4.78 is 11.2. The number of methoxy groups -OCH3 is 1. The smallest absolute Gasteiger partial charge is 0.342 e. The molecule has 0 fully saturated rings. The van der Waals surface area contributed by atoms with E-state index in [0.29, 0.717) is 34.7 Å². The second kappa shape index (κ2) is 7.67. The third-order valence-corrected chi connectivity index (χ3v) is 4.96. The Hall–Kier alpha value is -3.80. The topological polar surface area (TPSA) is 81.9 Å². The molecule has 1 heterocycles. The predicted molar refractivity (Wildman–Crippen MR) is 109 cm³/mol. The van der Waals surface area contributed by atoms with Gasteiger partial charge in [0.2, 0.25) is 0 Å². The number of carbonyl (C=O) groups is 2. The maximum atomic E-state index is 12.9. The highest BCUT2D eigenvalue weighted by Crippen LogP contribution is 2.41. The Bertz CT molecular complexity index is 1080. The van der Waals surface area contributed by atoms with Crippen molar-refractivity contribution in [2.24, 2.45) is 5.73 Å². The molecular weight excluding hydrogens is 368 g/mol. The van der Waals surface area contributed by atoms with Crippen LogP contribution >= 0.6 is 0 Å². The Balaban J connectivity index is 1.79. The number of fused-ring (bicyclic) bond motifs is 2. The van der Waals surface area contributed by atoms with Crippen molar-refractivity contribution in [2.75, 3.05) is 12.0 Å². The zero-order valence-corrected chi connectivity index (χ0v) is 15.9. The van der Waals surface area contributed by atoms with Crippen molar-refractivity contribution < 1.29 is 19.1 Å². The van der Waals surface area contributed by atoms with Gasteiger partial charge in [0, 0.05) is 12.0 Å². The zero-order chi connectivity index (χ0) is 20.4. The molecule has 0 aliphatic carbocycles.